The Morgan fingerprint density at radius 3 is 2.59 bits per heavy atom. The van der Waals surface area contributed by atoms with E-state index in [0.717, 1.165) is 5.39 Å². The van der Waals surface area contributed by atoms with Crippen molar-refractivity contribution >= 4 is 34.2 Å². The molecule has 0 unspecified atom stereocenters. The van der Waals surface area contributed by atoms with Gasteiger partial charge in [-0.3, -0.25) is 14.9 Å². The molecule has 150 valence electrons. The number of furan rings is 1. The summed E-state index contributed by atoms with van der Waals surface area (Å²) in [7, 11) is 1.32. The number of benzene rings is 2. The first kappa shape index (κ1) is 19.9. The summed E-state index contributed by atoms with van der Waals surface area (Å²) in [6, 6.07) is 10.9. The summed E-state index contributed by atoms with van der Waals surface area (Å²) >= 11 is 0. The van der Waals surface area contributed by atoms with Gasteiger partial charge in [0.05, 0.1) is 23.8 Å². The van der Waals surface area contributed by atoms with Crippen molar-refractivity contribution in [2.75, 3.05) is 12.4 Å². The van der Waals surface area contributed by atoms with Crippen LogP contribution in [-0.4, -0.2) is 30.0 Å². The number of non-ortho nitro benzene ring substituents is 1. The van der Waals surface area contributed by atoms with E-state index in [0.29, 0.717) is 11.1 Å². The largest absolute Gasteiger partial charge is 0.494 e. The number of hydrogen-bond acceptors (Lipinski definition) is 7. The number of aryl methyl sites for hydroxylation is 1. The minimum absolute atomic E-state index is 0.0266. The van der Waals surface area contributed by atoms with Crippen molar-refractivity contribution in [2.24, 2.45) is 0 Å². The third-order valence-corrected chi connectivity index (χ3v) is 4.34. The number of nitro benzene ring substituents is 1. The standard InChI is InChI=1S/C20H18N2O7/c1-11-14-6-4-5-7-16(14)29-18(11)20(24)28-12(2)19(23)21-15-9-8-13(22(25)26)10-17(15)27-3/h4-10,12H,1-3H3,(H,21,23)/t12-/m0/s1. The van der Waals surface area contributed by atoms with E-state index >= 15 is 0 Å². The Labute approximate surface area is 165 Å². The maximum Gasteiger partial charge on any atom is 0.375 e. The van der Waals surface area contributed by atoms with Gasteiger partial charge in [-0.25, -0.2) is 4.79 Å². The van der Waals surface area contributed by atoms with E-state index in [1.807, 2.05) is 12.1 Å². The van der Waals surface area contributed by atoms with Gasteiger partial charge in [-0.15, -0.1) is 0 Å². The van der Waals surface area contributed by atoms with Gasteiger partial charge in [-0.05, 0) is 26.0 Å². The molecule has 0 bridgehead atoms. The summed E-state index contributed by atoms with van der Waals surface area (Å²) in [5.41, 5.74) is 1.20. The monoisotopic (exact) mass is 398 g/mol. The molecule has 9 nitrogen and oxygen atoms in total. The molecule has 3 aromatic rings. The van der Waals surface area contributed by atoms with Crippen LogP contribution in [-0.2, 0) is 9.53 Å². The molecule has 0 aliphatic carbocycles. The Morgan fingerprint density at radius 2 is 1.93 bits per heavy atom. The van der Waals surface area contributed by atoms with Gasteiger partial charge in [0.15, 0.2) is 6.10 Å². The van der Waals surface area contributed by atoms with Crippen LogP contribution in [0.5, 0.6) is 5.75 Å². The highest BCUT2D eigenvalue weighted by Gasteiger charge is 2.25. The van der Waals surface area contributed by atoms with Gasteiger partial charge >= 0.3 is 5.97 Å². The molecule has 1 amide bonds. The average molecular weight is 398 g/mol. The molecule has 1 aromatic heterocycles. The van der Waals surface area contributed by atoms with Gasteiger partial charge in [-0.2, -0.15) is 0 Å². The van der Waals surface area contributed by atoms with Gasteiger partial charge in [0, 0.05) is 17.0 Å². The SMILES string of the molecule is COc1cc([N+](=O)[O-])ccc1NC(=O)[C@H](C)OC(=O)c1oc2ccccc2c1C. The summed E-state index contributed by atoms with van der Waals surface area (Å²) in [5.74, 6) is -1.26. The molecule has 0 spiro atoms. The van der Waals surface area contributed by atoms with Gasteiger partial charge < -0.3 is 19.2 Å². The zero-order valence-electron chi connectivity index (χ0n) is 15.9. The Hall–Kier alpha value is -3.88. The number of hydrogen-bond donors (Lipinski definition) is 1. The highest BCUT2D eigenvalue weighted by atomic mass is 16.6. The first-order valence-corrected chi connectivity index (χ1v) is 8.64. The molecule has 0 fully saturated rings. The first-order chi connectivity index (χ1) is 13.8. The Morgan fingerprint density at radius 1 is 1.21 bits per heavy atom. The third kappa shape index (κ3) is 4.03. The lowest BCUT2D eigenvalue weighted by Crippen LogP contribution is -2.30. The topological polar surface area (TPSA) is 121 Å². The third-order valence-electron chi connectivity index (χ3n) is 4.34. The van der Waals surface area contributed by atoms with E-state index in [1.165, 1.54) is 32.2 Å². The van der Waals surface area contributed by atoms with Gasteiger partial charge in [-0.1, -0.05) is 18.2 Å². The number of methoxy groups -OCH3 is 1. The van der Waals surface area contributed by atoms with E-state index < -0.39 is 22.9 Å². The van der Waals surface area contributed by atoms with Crippen molar-refractivity contribution in [3.8, 4) is 5.75 Å². The second-order valence-corrected chi connectivity index (χ2v) is 6.23. The highest BCUT2D eigenvalue weighted by Crippen LogP contribution is 2.29. The normalized spacial score (nSPS) is 11.7. The molecule has 3 rings (SSSR count). The fourth-order valence-corrected chi connectivity index (χ4v) is 2.77. The van der Waals surface area contributed by atoms with Crippen molar-refractivity contribution in [1.29, 1.82) is 0 Å². The summed E-state index contributed by atoms with van der Waals surface area (Å²) in [6.07, 6.45) is -1.14. The van der Waals surface area contributed by atoms with Crippen LogP contribution >= 0.6 is 0 Å². The van der Waals surface area contributed by atoms with E-state index in [1.54, 1.807) is 19.1 Å². The van der Waals surface area contributed by atoms with Crippen molar-refractivity contribution in [1.82, 2.24) is 0 Å². The van der Waals surface area contributed by atoms with Crippen LogP contribution in [0.15, 0.2) is 46.9 Å². The van der Waals surface area contributed by atoms with E-state index in [4.69, 9.17) is 13.9 Å². The number of rotatable bonds is 6. The number of nitrogens with zero attached hydrogens (tertiary/aromatic N) is 1. The quantitative estimate of drug-likeness (QED) is 0.380. The van der Waals surface area contributed by atoms with E-state index in [2.05, 4.69) is 5.32 Å². The summed E-state index contributed by atoms with van der Waals surface area (Å²) in [5, 5.41) is 14.2. The molecule has 0 aliphatic rings. The first-order valence-electron chi connectivity index (χ1n) is 8.64. The average Bonchev–Trinajstić information content (AvgIpc) is 3.05. The number of anilines is 1. The predicted molar refractivity (Wildman–Crippen MR) is 104 cm³/mol. The summed E-state index contributed by atoms with van der Waals surface area (Å²) in [4.78, 5) is 35.1. The molecular formula is C20H18N2O7. The second kappa shape index (κ2) is 8.01. The second-order valence-electron chi connectivity index (χ2n) is 6.23. The van der Waals surface area contributed by atoms with E-state index in [-0.39, 0.29) is 22.9 Å². The molecule has 0 saturated carbocycles. The van der Waals surface area contributed by atoms with Gasteiger partial charge in [0.1, 0.15) is 11.3 Å². The van der Waals surface area contributed by atoms with Crippen LogP contribution in [0.3, 0.4) is 0 Å². The Kier molecular flexibility index (Phi) is 5.49. The fraction of sp³-hybridized carbons (Fsp3) is 0.200. The van der Waals surface area contributed by atoms with Crippen LogP contribution in [0, 0.1) is 17.0 Å². The molecule has 1 N–H and O–H groups in total. The number of ether oxygens (including phenoxy) is 2. The van der Waals surface area contributed by atoms with Crippen LogP contribution in [0.4, 0.5) is 11.4 Å². The Balaban J connectivity index is 1.72. The van der Waals surface area contributed by atoms with E-state index in [9.17, 15) is 19.7 Å². The molecule has 9 heteroatoms. The number of esters is 1. The smallest absolute Gasteiger partial charge is 0.375 e. The zero-order chi connectivity index (χ0) is 21.1. The molecule has 0 saturated heterocycles. The maximum absolute atomic E-state index is 12.4. The van der Waals surface area contributed by atoms with Crippen LogP contribution in [0.2, 0.25) is 0 Å². The van der Waals surface area contributed by atoms with Crippen molar-refractivity contribution in [3.63, 3.8) is 0 Å². The number of fused-ring (bicyclic) bond motifs is 1. The van der Waals surface area contributed by atoms with Crippen molar-refractivity contribution < 1.29 is 28.4 Å². The van der Waals surface area contributed by atoms with Crippen molar-refractivity contribution in [3.05, 3.63) is 63.9 Å². The number of amides is 1. The highest BCUT2D eigenvalue weighted by molar-refractivity contribution is 6.00. The molecular weight excluding hydrogens is 380 g/mol. The lowest BCUT2D eigenvalue weighted by Gasteiger charge is -2.14. The zero-order valence-corrected chi connectivity index (χ0v) is 15.9. The molecule has 0 aliphatic heterocycles. The molecule has 0 radical (unpaired) electrons. The minimum atomic E-state index is -1.14. The maximum atomic E-state index is 12.4. The molecule has 1 heterocycles. The lowest BCUT2D eigenvalue weighted by atomic mass is 10.1. The molecule has 2 aromatic carbocycles. The van der Waals surface area contributed by atoms with Gasteiger partial charge in [0.2, 0.25) is 5.76 Å². The number of carbonyl (C=O) groups excluding carboxylic acids is 2. The number of nitro groups is 1. The van der Waals surface area contributed by atoms with Crippen LogP contribution in [0.1, 0.15) is 23.0 Å². The van der Waals surface area contributed by atoms with Crippen LogP contribution < -0.4 is 10.1 Å². The molecule has 29 heavy (non-hydrogen) atoms. The number of para-hydroxylation sites is 1. The van der Waals surface area contributed by atoms with Crippen molar-refractivity contribution in [2.45, 2.75) is 20.0 Å². The predicted octanol–water partition coefficient (Wildman–Crippen LogP) is 3.84. The molecule has 1 atom stereocenters. The lowest BCUT2D eigenvalue weighted by molar-refractivity contribution is -0.384. The number of carbonyl (C=O) groups is 2. The Bertz CT molecular complexity index is 1100. The minimum Gasteiger partial charge on any atom is -0.494 e. The van der Waals surface area contributed by atoms with Crippen LogP contribution in [0.25, 0.3) is 11.0 Å². The summed E-state index contributed by atoms with van der Waals surface area (Å²) < 4.78 is 15.8. The fourth-order valence-electron chi connectivity index (χ4n) is 2.77. The van der Waals surface area contributed by atoms with Gasteiger partial charge in [0.25, 0.3) is 11.6 Å². The summed E-state index contributed by atoms with van der Waals surface area (Å²) in [6.45, 7) is 3.14. The number of nitrogens with one attached hydrogen (secondary N) is 1.